The Morgan fingerprint density at radius 3 is 2.20 bits per heavy atom. The van der Waals surface area contributed by atoms with Gasteiger partial charge in [-0.2, -0.15) is 0 Å². The number of rotatable bonds is 6. The lowest BCUT2D eigenvalue weighted by Crippen LogP contribution is -2.53. The Morgan fingerprint density at radius 1 is 1.30 bits per heavy atom. The van der Waals surface area contributed by atoms with Gasteiger partial charge in [-0.05, 0) is 31.6 Å². The largest absolute Gasteiger partial charge is 0.409 e. The topological polar surface area (TPSA) is 78.9 Å². The molecule has 5 heteroatoms. The molecule has 1 aliphatic heterocycles. The van der Waals surface area contributed by atoms with Crippen molar-refractivity contribution in [3.63, 3.8) is 0 Å². The lowest BCUT2D eigenvalue weighted by molar-refractivity contribution is -0.140. The molecule has 0 aromatic heterocycles. The summed E-state index contributed by atoms with van der Waals surface area (Å²) in [4.78, 5) is 14.9. The molecule has 1 aliphatic rings. The van der Waals surface area contributed by atoms with Crippen LogP contribution in [-0.4, -0.2) is 34.9 Å². The first-order valence-corrected chi connectivity index (χ1v) is 7.79. The van der Waals surface area contributed by atoms with E-state index >= 15 is 0 Å². The Morgan fingerprint density at radius 2 is 1.80 bits per heavy atom. The van der Waals surface area contributed by atoms with Crippen LogP contribution >= 0.6 is 0 Å². The maximum Gasteiger partial charge on any atom is 0.236 e. The van der Waals surface area contributed by atoms with Gasteiger partial charge < -0.3 is 15.8 Å². The Hall–Kier alpha value is -1.26. The van der Waals surface area contributed by atoms with Crippen LogP contribution in [0.2, 0.25) is 0 Å². The molecule has 20 heavy (non-hydrogen) atoms. The second kappa shape index (κ2) is 7.50. The van der Waals surface area contributed by atoms with Crippen LogP contribution in [0.25, 0.3) is 0 Å². The molecule has 5 nitrogen and oxygen atoms in total. The Bertz CT molecular complexity index is 341. The zero-order valence-corrected chi connectivity index (χ0v) is 13.1. The van der Waals surface area contributed by atoms with Crippen LogP contribution < -0.4 is 5.73 Å². The molecule has 0 aliphatic carbocycles. The van der Waals surface area contributed by atoms with Gasteiger partial charge in [-0.15, -0.1) is 0 Å². The number of hydrogen-bond acceptors (Lipinski definition) is 3. The van der Waals surface area contributed by atoms with E-state index in [-0.39, 0.29) is 11.7 Å². The van der Waals surface area contributed by atoms with Gasteiger partial charge in [0.2, 0.25) is 5.91 Å². The average molecular weight is 283 g/mol. The quantitative estimate of drug-likeness (QED) is 0.340. The minimum atomic E-state index is -0.821. The molecule has 116 valence electrons. The first kappa shape index (κ1) is 16.8. The van der Waals surface area contributed by atoms with E-state index in [2.05, 4.69) is 12.1 Å². The second-order valence-corrected chi connectivity index (χ2v) is 6.04. The molecular weight excluding hydrogens is 254 g/mol. The van der Waals surface area contributed by atoms with Gasteiger partial charge in [0.1, 0.15) is 5.41 Å². The van der Waals surface area contributed by atoms with Crippen molar-refractivity contribution in [3.8, 4) is 0 Å². The van der Waals surface area contributed by atoms with Crippen LogP contribution in [0, 0.1) is 11.3 Å². The maximum absolute atomic E-state index is 13.0. The van der Waals surface area contributed by atoms with E-state index in [1.165, 1.54) is 0 Å². The van der Waals surface area contributed by atoms with Gasteiger partial charge >= 0.3 is 0 Å². The molecule has 3 N–H and O–H groups in total. The van der Waals surface area contributed by atoms with Crippen molar-refractivity contribution in [2.45, 2.75) is 59.3 Å². The molecule has 0 saturated carbocycles. The second-order valence-electron chi connectivity index (χ2n) is 6.04. The number of oxime groups is 1. The molecule has 1 rings (SSSR count). The summed E-state index contributed by atoms with van der Waals surface area (Å²) in [6, 6.07) is 0. The van der Waals surface area contributed by atoms with Crippen molar-refractivity contribution in [1.29, 1.82) is 0 Å². The lowest BCUT2D eigenvalue weighted by Gasteiger charge is -2.39. The third-order valence-corrected chi connectivity index (χ3v) is 4.43. The van der Waals surface area contributed by atoms with Gasteiger partial charge in [-0.1, -0.05) is 38.8 Å². The van der Waals surface area contributed by atoms with Crippen molar-refractivity contribution in [3.05, 3.63) is 0 Å². The third kappa shape index (κ3) is 3.44. The molecule has 0 bridgehead atoms. The standard InChI is InChI=1S/C15H29N3O2/c1-4-8-15(9-5-2,13(16)17-20)14(19)18-10-6-12(3)7-11-18/h12,20H,4-11H2,1-3H3,(H2,16,17). The van der Waals surface area contributed by atoms with Gasteiger partial charge in [-0.25, -0.2) is 0 Å². The fraction of sp³-hybridized carbons (Fsp3) is 0.867. The van der Waals surface area contributed by atoms with E-state index in [9.17, 15) is 4.79 Å². The van der Waals surface area contributed by atoms with Crippen molar-refractivity contribution in [2.75, 3.05) is 13.1 Å². The highest BCUT2D eigenvalue weighted by atomic mass is 16.4. The predicted molar refractivity (Wildman–Crippen MR) is 80.6 cm³/mol. The molecule has 0 radical (unpaired) electrons. The van der Waals surface area contributed by atoms with Crippen molar-refractivity contribution in [2.24, 2.45) is 22.2 Å². The fourth-order valence-electron chi connectivity index (χ4n) is 3.17. The molecule has 1 saturated heterocycles. The van der Waals surface area contributed by atoms with Gasteiger partial charge in [0.15, 0.2) is 5.84 Å². The van der Waals surface area contributed by atoms with E-state index in [0.717, 1.165) is 38.8 Å². The van der Waals surface area contributed by atoms with Crippen molar-refractivity contribution in [1.82, 2.24) is 4.90 Å². The first-order valence-electron chi connectivity index (χ1n) is 7.79. The van der Waals surface area contributed by atoms with Gasteiger partial charge in [0, 0.05) is 13.1 Å². The Labute approximate surface area is 122 Å². The summed E-state index contributed by atoms with van der Waals surface area (Å²) in [5, 5.41) is 12.3. The molecule has 0 aromatic carbocycles. The van der Waals surface area contributed by atoms with Crippen LogP contribution in [0.3, 0.4) is 0 Å². The minimum absolute atomic E-state index is 0.0448. The van der Waals surface area contributed by atoms with Crippen LogP contribution in [0.5, 0.6) is 0 Å². The number of amides is 1. The summed E-state index contributed by atoms with van der Waals surface area (Å²) in [5.41, 5.74) is 5.09. The molecular formula is C15H29N3O2. The summed E-state index contributed by atoms with van der Waals surface area (Å²) < 4.78 is 0. The molecule has 0 aromatic rings. The maximum atomic E-state index is 13.0. The minimum Gasteiger partial charge on any atom is -0.409 e. The smallest absolute Gasteiger partial charge is 0.236 e. The SMILES string of the molecule is CCCC(CCC)(C(=O)N1CCC(C)CC1)C(N)=NO. The van der Waals surface area contributed by atoms with Crippen LogP contribution in [0.15, 0.2) is 5.16 Å². The van der Waals surface area contributed by atoms with Gasteiger partial charge in [-0.3, -0.25) is 4.79 Å². The van der Waals surface area contributed by atoms with Crippen LogP contribution in [0.1, 0.15) is 59.3 Å². The summed E-state index contributed by atoms with van der Waals surface area (Å²) in [6.07, 6.45) is 5.04. The highest BCUT2D eigenvalue weighted by molar-refractivity contribution is 6.06. The van der Waals surface area contributed by atoms with Crippen LogP contribution in [-0.2, 0) is 4.79 Å². The number of nitrogens with zero attached hydrogens (tertiary/aromatic N) is 2. The molecule has 1 amide bonds. The molecule has 0 atom stereocenters. The number of carbonyl (C=O) groups excluding carboxylic acids is 1. The number of hydrogen-bond donors (Lipinski definition) is 2. The van der Waals surface area contributed by atoms with Crippen molar-refractivity contribution < 1.29 is 10.0 Å². The fourth-order valence-corrected chi connectivity index (χ4v) is 3.17. The third-order valence-electron chi connectivity index (χ3n) is 4.43. The zero-order chi connectivity index (χ0) is 15.2. The molecule has 0 spiro atoms. The van der Waals surface area contributed by atoms with E-state index in [1.807, 2.05) is 18.7 Å². The van der Waals surface area contributed by atoms with Crippen molar-refractivity contribution >= 4 is 11.7 Å². The highest BCUT2D eigenvalue weighted by Crippen LogP contribution is 2.34. The van der Waals surface area contributed by atoms with E-state index in [1.54, 1.807) is 0 Å². The summed E-state index contributed by atoms with van der Waals surface area (Å²) in [5.74, 6) is 0.794. The summed E-state index contributed by atoms with van der Waals surface area (Å²) in [6.45, 7) is 7.85. The number of likely N-dealkylation sites (tertiary alicyclic amines) is 1. The zero-order valence-electron chi connectivity index (χ0n) is 13.1. The average Bonchev–Trinajstić information content (AvgIpc) is 2.46. The summed E-state index contributed by atoms with van der Waals surface area (Å²) in [7, 11) is 0. The lowest BCUT2D eigenvalue weighted by atomic mass is 9.76. The Balaban J connectivity index is 2.99. The van der Waals surface area contributed by atoms with Gasteiger partial charge in [0.25, 0.3) is 0 Å². The number of piperidine rings is 1. The molecule has 1 fully saturated rings. The normalized spacial score (nSPS) is 18.4. The molecule has 1 heterocycles. The number of carbonyl (C=O) groups is 1. The molecule has 0 unspecified atom stereocenters. The van der Waals surface area contributed by atoms with Gasteiger partial charge in [0.05, 0.1) is 0 Å². The first-order chi connectivity index (χ1) is 9.51. The monoisotopic (exact) mass is 283 g/mol. The van der Waals surface area contributed by atoms with E-state index < -0.39 is 5.41 Å². The number of amidine groups is 1. The van der Waals surface area contributed by atoms with E-state index in [0.29, 0.717) is 18.8 Å². The summed E-state index contributed by atoms with van der Waals surface area (Å²) >= 11 is 0. The number of nitrogens with two attached hydrogens (primary N) is 1. The highest BCUT2D eigenvalue weighted by Gasteiger charge is 2.44. The Kier molecular flexibility index (Phi) is 6.30. The van der Waals surface area contributed by atoms with E-state index in [4.69, 9.17) is 10.9 Å². The predicted octanol–water partition coefficient (Wildman–Crippen LogP) is 2.58. The van der Waals surface area contributed by atoms with Crippen LogP contribution in [0.4, 0.5) is 0 Å².